The Bertz CT molecular complexity index is 2210. The van der Waals surface area contributed by atoms with Gasteiger partial charge in [-0.2, -0.15) is 0 Å². The first kappa shape index (κ1) is 36.7. The van der Waals surface area contributed by atoms with Crippen molar-refractivity contribution in [1.82, 2.24) is 19.9 Å². The predicted molar refractivity (Wildman–Crippen MR) is 197 cm³/mol. The lowest BCUT2D eigenvalue weighted by molar-refractivity contribution is -0.138. The number of hydrogen-bond donors (Lipinski definition) is 6. The van der Waals surface area contributed by atoms with Crippen molar-refractivity contribution in [2.24, 2.45) is 0 Å². The molecular weight excluding hydrogens is 776 g/mol. The minimum absolute atomic E-state index is 0.102. The molecule has 12 nitrogen and oxygen atoms in total. The zero-order chi connectivity index (χ0) is 36.6. The Morgan fingerprint density at radius 3 is 1.66 bits per heavy atom. The van der Waals surface area contributed by atoms with Crippen LogP contribution in [0, 0.1) is 13.8 Å². The number of halogens is 2. The second-order valence-electron chi connectivity index (χ2n) is 12.4. The molecule has 50 heavy (non-hydrogen) atoms. The second kappa shape index (κ2) is 14.7. The van der Waals surface area contributed by atoms with Crippen LogP contribution in [-0.4, -0.2) is 64.2 Å². The highest BCUT2D eigenvalue weighted by molar-refractivity contribution is 9.11. The van der Waals surface area contributed by atoms with Gasteiger partial charge in [-0.1, -0.05) is 0 Å². The number of H-pyrrole nitrogens is 2. The number of aromatic nitrogens is 4. The lowest BCUT2D eigenvalue weighted by atomic mass is 9.98. The number of rotatable bonds is 12. The molecule has 0 radical (unpaired) electrons. The fraction of sp³-hybridized carbons (Fsp3) is 0.333. The summed E-state index contributed by atoms with van der Waals surface area (Å²) in [5, 5.41) is 38.3. The molecule has 0 spiro atoms. The van der Waals surface area contributed by atoms with Gasteiger partial charge in [0, 0.05) is 42.2 Å². The van der Waals surface area contributed by atoms with Crippen molar-refractivity contribution in [3.63, 3.8) is 0 Å². The maximum Gasteiger partial charge on any atom is 0.303 e. The fourth-order valence-corrected chi connectivity index (χ4v) is 7.98. The summed E-state index contributed by atoms with van der Waals surface area (Å²) in [7, 11) is 0. The third-order valence-electron chi connectivity index (χ3n) is 9.30. The van der Waals surface area contributed by atoms with E-state index in [-0.39, 0.29) is 51.4 Å². The molecule has 0 saturated heterocycles. The van der Waals surface area contributed by atoms with Gasteiger partial charge in [-0.25, -0.2) is 9.97 Å². The van der Waals surface area contributed by atoms with Gasteiger partial charge in [0.1, 0.15) is 0 Å². The van der Waals surface area contributed by atoms with Gasteiger partial charge in [-0.3, -0.25) is 19.2 Å². The SMILES string of the molecule is CC1=C(CCC(=O)O)c2cc3[nH]c(cc4[nH]c(c(Br)c5nc(c(Br)c1n2)C(CCC(=O)O)=C5C)c(CCC(=O)O)c4C)c(CCC(=O)O)c3C. The molecule has 8 bridgehead atoms. The summed E-state index contributed by atoms with van der Waals surface area (Å²) >= 11 is 7.52. The Morgan fingerprint density at radius 2 is 1.06 bits per heavy atom. The zero-order valence-corrected chi connectivity index (χ0v) is 31.1. The third-order valence-corrected chi connectivity index (χ3v) is 10.8. The first-order chi connectivity index (χ1) is 23.6. The molecule has 0 fully saturated rings. The lowest BCUT2D eigenvalue weighted by Crippen LogP contribution is -1.98. The van der Waals surface area contributed by atoms with Crippen LogP contribution in [0.5, 0.6) is 0 Å². The zero-order valence-electron chi connectivity index (χ0n) is 27.9. The summed E-state index contributed by atoms with van der Waals surface area (Å²) in [5.74, 6) is -3.82. The van der Waals surface area contributed by atoms with E-state index in [9.17, 15) is 39.6 Å². The quantitative estimate of drug-likeness (QED) is 0.104. The summed E-state index contributed by atoms with van der Waals surface area (Å²) in [6.07, 6.45) is 0.362. The van der Waals surface area contributed by atoms with Crippen LogP contribution in [0.25, 0.3) is 44.4 Å². The van der Waals surface area contributed by atoms with Gasteiger partial charge in [0.05, 0.1) is 37.2 Å². The summed E-state index contributed by atoms with van der Waals surface area (Å²) < 4.78 is 1.08. The van der Waals surface area contributed by atoms with E-state index < -0.39 is 23.9 Å². The first-order valence-corrected chi connectivity index (χ1v) is 17.6. The second-order valence-corrected chi connectivity index (χ2v) is 14.0. The number of aromatic amines is 2. The van der Waals surface area contributed by atoms with Gasteiger partial charge in [-0.05, 0) is 142 Å². The van der Waals surface area contributed by atoms with Gasteiger partial charge in [0.2, 0.25) is 0 Å². The molecule has 3 aromatic rings. The number of carbonyl (C=O) groups is 4. The predicted octanol–water partition coefficient (Wildman–Crippen LogP) is 8.08. The number of nitrogens with one attached hydrogen (secondary N) is 2. The van der Waals surface area contributed by atoms with E-state index in [0.717, 1.165) is 39.0 Å². The Labute approximate surface area is 303 Å². The number of aryl methyl sites for hydroxylation is 4. The van der Waals surface area contributed by atoms with Gasteiger partial charge < -0.3 is 30.4 Å². The maximum absolute atomic E-state index is 11.7. The van der Waals surface area contributed by atoms with E-state index in [2.05, 4.69) is 41.8 Å². The van der Waals surface area contributed by atoms with Crippen molar-refractivity contribution < 1.29 is 39.6 Å². The molecule has 0 aromatic carbocycles. The average molecular weight is 813 g/mol. The molecule has 5 heterocycles. The van der Waals surface area contributed by atoms with Gasteiger partial charge >= 0.3 is 23.9 Å². The topological polar surface area (TPSA) is 207 Å². The highest BCUT2D eigenvalue weighted by atomic mass is 79.9. The third kappa shape index (κ3) is 7.31. The summed E-state index contributed by atoms with van der Waals surface area (Å²) in [6, 6.07) is 3.73. The smallest absolute Gasteiger partial charge is 0.303 e. The van der Waals surface area contributed by atoms with Gasteiger partial charge in [-0.15, -0.1) is 0 Å². The molecule has 2 aliphatic heterocycles. The van der Waals surface area contributed by atoms with Crippen LogP contribution in [0.15, 0.2) is 21.1 Å². The Balaban J connectivity index is 1.99. The van der Waals surface area contributed by atoms with Crippen LogP contribution < -0.4 is 0 Å². The Morgan fingerprint density at radius 1 is 0.580 bits per heavy atom. The van der Waals surface area contributed by atoms with Crippen LogP contribution in [-0.2, 0) is 32.0 Å². The molecule has 14 heteroatoms. The Hall–Kier alpha value is -4.56. The number of allylic oxidation sites excluding steroid dienone is 4. The lowest BCUT2D eigenvalue weighted by Gasteiger charge is -2.07. The van der Waals surface area contributed by atoms with Crippen molar-refractivity contribution in [2.45, 2.75) is 79.1 Å². The molecule has 0 unspecified atom stereocenters. The highest BCUT2D eigenvalue weighted by Crippen LogP contribution is 2.44. The van der Waals surface area contributed by atoms with E-state index in [0.29, 0.717) is 59.4 Å². The summed E-state index contributed by atoms with van der Waals surface area (Å²) in [6.45, 7) is 7.50. The number of carboxylic acids is 4. The monoisotopic (exact) mass is 810 g/mol. The minimum atomic E-state index is -0.967. The van der Waals surface area contributed by atoms with Crippen molar-refractivity contribution in [2.75, 3.05) is 0 Å². The summed E-state index contributed by atoms with van der Waals surface area (Å²) in [4.78, 5) is 63.7. The fourth-order valence-electron chi connectivity index (χ4n) is 6.55. The largest absolute Gasteiger partial charge is 0.481 e. The molecular formula is C36H36Br2N4O8. The first-order valence-electron chi connectivity index (χ1n) is 16.0. The number of nitrogens with zero attached hydrogens (tertiary/aromatic N) is 2. The summed E-state index contributed by atoms with van der Waals surface area (Å²) in [5.41, 5.74) is 10.8. The molecule has 5 rings (SSSR count). The molecule has 0 saturated carbocycles. The van der Waals surface area contributed by atoms with Crippen molar-refractivity contribution >= 4 is 100 Å². The van der Waals surface area contributed by atoms with E-state index in [4.69, 9.17) is 9.97 Å². The van der Waals surface area contributed by atoms with Crippen molar-refractivity contribution in [1.29, 1.82) is 0 Å². The van der Waals surface area contributed by atoms with Gasteiger partial charge in [0.15, 0.2) is 0 Å². The van der Waals surface area contributed by atoms with Gasteiger partial charge in [0.25, 0.3) is 0 Å². The van der Waals surface area contributed by atoms with Crippen LogP contribution in [0.3, 0.4) is 0 Å². The van der Waals surface area contributed by atoms with E-state index in [1.807, 2.05) is 39.8 Å². The molecule has 2 aliphatic rings. The van der Waals surface area contributed by atoms with E-state index >= 15 is 0 Å². The number of fused-ring (bicyclic) bond motifs is 8. The molecule has 0 amide bonds. The maximum atomic E-state index is 11.7. The van der Waals surface area contributed by atoms with Crippen molar-refractivity contribution in [3.8, 4) is 0 Å². The normalized spacial score (nSPS) is 12.9. The molecule has 0 aliphatic carbocycles. The number of aliphatic carboxylic acids is 4. The highest BCUT2D eigenvalue weighted by Gasteiger charge is 2.27. The van der Waals surface area contributed by atoms with Crippen LogP contribution in [0.1, 0.15) is 97.4 Å². The molecule has 6 N–H and O–H groups in total. The van der Waals surface area contributed by atoms with Crippen molar-refractivity contribution in [3.05, 3.63) is 66.1 Å². The standard InChI is InChI=1S/C36H36Br2N4O8/c1-15-19(5-9-27(43)44)25-14-24-16(2)21(7-11-29(47)48)35(40-24)32(38)34-18(4)22(8-12-30(49)50)36(42-34)31(37)33-17(3)20(6-10-28(45)46)26(41-33)13-23(15)39-25/h13-14,39-40H,5-12H2,1-4H3,(H,43,44)(H,45,46)(H,47,48)(H,49,50). The van der Waals surface area contributed by atoms with E-state index in [1.165, 1.54) is 0 Å². The number of carboxylic acid groups (broad SMARTS) is 4. The van der Waals surface area contributed by atoms with Crippen LogP contribution in [0.2, 0.25) is 0 Å². The van der Waals surface area contributed by atoms with Crippen LogP contribution >= 0.6 is 31.9 Å². The van der Waals surface area contributed by atoms with Crippen LogP contribution in [0.4, 0.5) is 0 Å². The molecule has 262 valence electrons. The molecule has 0 atom stereocenters. The van der Waals surface area contributed by atoms with E-state index in [1.54, 1.807) is 0 Å². The molecule has 3 aromatic heterocycles. The average Bonchev–Trinajstić information content (AvgIpc) is 3.73. The Kier molecular flexibility index (Phi) is 10.8. The number of hydrogen-bond acceptors (Lipinski definition) is 6. The minimum Gasteiger partial charge on any atom is -0.481 e.